The first-order valence-electron chi connectivity index (χ1n) is 6.42. The minimum Gasteiger partial charge on any atom is -0.496 e. The fraction of sp³-hybridized carbons (Fsp3) is 0.429. The van der Waals surface area contributed by atoms with Crippen LogP contribution < -0.4 is 24.8 Å². The van der Waals surface area contributed by atoms with Crippen molar-refractivity contribution in [1.29, 1.82) is 0 Å². The second-order valence-electron chi connectivity index (χ2n) is 4.04. The van der Waals surface area contributed by atoms with Gasteiger partial charge in [0, 0.05) is 18.7 Å². The van der Waals surface area contributed by atoms with E-state index in [1.165, 1.54) is 27.4 Å². The Bertz CT molecular complexity index is 516. The van der Waals surface area contributed by atoms with Gasteiger partial charge in [0.2, 0.25) is 5.91 Å². The molecule has 0 heterocycles. The Labute approximate surface area is 123 Å². The van der Waals surface area contributed by atoms with Crippen molar-refractivity contribution in [2.45, 2.75) is 6.92 Å². The molecule has 0 spiro atoms. The number of carbonyl (C=O) groups is 2. The van der Waals surface area contributed by atoms with E-state index in [4.69, 9.17) is 14.2 Å². The van der Waals surface area contributed by atoms with Crippen molar-refractivity contribution < 1.29 is 23.8 Å². The standard InChI is InChI=1S/C14H20N2O5/c1-5-15-13(17)8-16-14(18)9-6-11(20-3)12(21-4)7-10(9)19-2/h6-7H,5,8H2,1-4H3,(H,15,17)(H,16,18). The van der Waals surface area contributed by atoms with Crippen molar-refractivity contribution >= 4 is 11.8 Å². The van der Waals surface area contributed by atoms with Crippen molar-refractivity contribution in [1.82, 2.24) is 10.6 Å². The van der Waals surface area contributed by atoms with E-state index in [9.17, 15) is 9.59 Å². The van der Waals surface area contributed by atoms with Gasteiger partial charge in [0.1, 0.15) is 5.75 Å². The second kappa shape index (κ2) is 7.98. The topological polar surface area (TPSA) is 85.9 Å². The smallest absolute Gasteiger partial charge is 0.255 e. The summed E-state index contributed by atoms with van der Waals surface area (Å²) in [6.07, 6.45) is 0. The van der Waals surface area contributed by atoms with Gasteiger partial charge < -0.3 is 24.8 Å². The molecule has 0 saturated carbocycles. The number of amides is 2. The van der Waals surface area contributed by atoms with E-state index in [1.54, 1.807) is 13.0 Å². The molecule has 0 atom stereocenters. The van der Waals surface area contributed by atoms with Gasteiger partial charge >= 0.3 is 0 Å². The summed E-state index contributed by atoms with van der Waals surface area (Å²) >= 11 is 0. The molecule has 1 rings (SSSR count). The van der Waals surface area contributed by atoms with Gasteiger partial charge in [-0.25, -0.2) is 0 Å². The van der Waals surface area contributed by atoms with Gasteiger partial charge in [-0.15, -0.1) is 0 Å². The molecule has 21 heavy (non-hydrogen) atoms. The molecular formula is C14H20N2O5. The van der Waals surface area contributed by atoms with Gasteiger partial charge in [0.15, 0.2) is 11.5 Å². The third-order valence-electron chi connectivity index (χ3n) is 2.73. The monoisotopic (exact) mass is 296 g/mol. The summed E-state index contributed by atoms with van der Waals surface area (Å²) in [4.78, 5) is 23.5. The van der Waals surface area contributed by atoms with E-state index < -0.39 is 5.91 Å². The lowest BCUT2D eigenvalue weighted by Crippen LogP contribution is -2.36. The summed E-state index contributed by atoms with van der Waals surface area (Å²) in [5, 5.41) is 5.11. The van der Waals surface area contributed by atoms with E-state index in [0.717, 1.165) is 0 Å². The van der Waals surface area contributed by atoms with E-state index in [-0.39, 0.29) is 18.0 Å². The summed E-state index contributed by atoms with van der Waals surface area (Å²) in [6, 6.07) is 3.06. The van der Waals surface area contributed by atoms with E-state index in [2.05, 4.69) is 10.6 Å². The number of carbonyl (C=O) groups excluding carboxylic acids is 2. The van der Waals surface area contributed by atoms with Crippen molar-refractivity contribution in [2.75, 3.05) is 34.4 Å². The highest BCUT2D eigenvalue weighted by Crippen LogP contribution is 2.34. The molecule has 0 fully saturated rings. The average Bonchev–Trinajstić information content (AvgIpc) is 2.51. The molecule has 0 aliphatic rings. The molecule has 0 saturated heterocycles. The Balaban J connectivity index is 2.94. The fourth-order valence-electron chi connectivity index (χ4n) is 1.72. The lowest BCUT2D eigenvalue weighted by molar-refractivity contribution is -0.120. The number of ether oxygens (including phenoxy) is 3. The Morgan fingerprint density at radius 1 is 0.952 bits per heavy atom. The highest BCUT2D eigenvalue weighted by atomic mass is 16.5. The third-order valence-corrected chi connectivity index (χ3v) is 2.73. The molecule has 0 bridgehead atoms. The molecule has 2 N–H and O–H groups in total. The van der Waals surface area contributed by atoms with Crippen LogP contribution in [0.4, 0.5) is 0 Å². The zero-order chi connectivity index (χ0) is 15.8. The molecule has 7 nitrogen and oxygen atoms in total. The maximum Gasteiger partial charge on any atom is 0.255 e. The van der Waals surface area contributed by atoms with E-state index in [0.29, 0.717) is 23.8 Å². The van der Waals surface area contributed by atoms with Gasteiger partial charge in [0.25, 0.3) is 5.91 Å². The Hall–Kier alpha value is -2.44. The SMILES string of the molecule is CCNC(=O)CNC(=O)c1cc(OC)c(OC)cc1OC. The second-order valence-corrected chi connectivity index (χ2v) is 4.04. The number of hydrogen-bond acceptors (Lipinski definition) is 5. The maximum absolute atomic E-state index is 12.1. The van der Waals surface area contributed by atoms with Crippen LogP contribution in [0.3, 0.4) is 0 Å². The fourth-order valence-corrected chi connectivity index (χ4v) is 1.72. The number of benzene rings is 1. The van der Waals surface area contributed by atoms with Crippen LogP contribution in [0, 0.1) is 0 Å². The molecule has 0 unspecified atom stereocenters. The molecule has 7 heteroatoms. The molecule has 0 aromatic heterocycles. The molecule has 1 aromatic carbocycles. The summed E-state index contributed by atoms with van der Waals surface area (Å²) < 4.78 is 15.5. The predicted octanol–water partition coefficient (Wildman–Crippen LogP) is 0.578. The van der Waals surface area contributed by atoms with Gasteiger partial charge in [-0.1, -0.05) is 0 Å². The zero-order valence-corrected chi connectivity index (χ0v) is 12.6. The maximum atomic E-state index is 12.1. The van der Waals surface area contributed by atoms with Crippen LogP contribution in [0.2, 0.25) is 0 Å². The number of methoxy groups -OCH3 is 3. The lowest BCUT2D eigenvalue weighted by Gasteiger charge is -2.14. The first kappa shape index (κ1) is 16.6. The quantitative estimate of drug-likeness (QED) is 0.768. The Morgan fingerprint density at radius 3 is 2.05 bits per heavy atom. The van der Waals surface area contributed by atoms with Gasteiger partial charge in [0.05, 0.1) is 33.4 Å². The predicted molar refractivity (Wildman–Crippen MR) is 77.1 cm³/mol. The van der Waals surface area contributed by atoms with Gasteiger partial charge in [-0.05, 0) is 6.92 Å². The van der Waals surface area contributed by atoms with Crippen molar-refractivity contribution in [3.63, 3.8) is 0 Å². The van der Waals surface area contributed by atoms with E-state index in [1.807, 2.05) is 0 Å². The molecular weight excluding hydrogens is 276 g/mol. The first-order valence-corrected chi connectivity index (χ1v) is 6.42. The zero-order valence-electron chi connectivity index (χ0n) is 12.6. The van der Waals surface area contributed by atoms with Crippen LogP contribution in [-0.4, -0.2) is 46.2 Å². The third kappa shape index (κ3) is 4.27. The van der Waals surface area contributed by atoms with Crippen LogP contribution in [0.15, 0.2) is 12.1 Å². The summed E-state index contributed by atoms with van der Waals surface area (Å²) in [6.45, 7) is 2.20. The summed E-state index contributed by atoms with van der Waals surface area (Å²) in [7, 11) is 4.41. The summed E-state index contributed by atoms with van der Waals surface area (Å²) in [5.41, 5.74) is 0.263. The summed E-state index contributed by atoms with van der Waals surface area (Å²) in [5.74, 6) is 0.501. The lowest BCUT2D eigenvalue weighted by atomic mass is 10.1. The van der Waals surface area contributed by atoms with Crippen molar-refractivity contribution in [3.8, 4) is 17.2 Å². The molecule has 0 aliphatic carbocycles. The van der Waals surface area contributed by atoms with Crippen LogP contribution in [0.1, 0.15) is 17.3 Å². The highest BCUT2D eigenvalue weighted by Gasteiger charge is 2.18. The minimum absolute atomic E-state index is 0.107. The van der Waals surface area contributed by atoms with Crippen LogP contribution in [0.5, 0.6) is 17.2 Å². The molecule has 0 aliphatic heterocycles. The van der Waals surface area contributed by atoms with Crippen LogP contribution in [0.25, 0.3) is 0 Å². The molecule has 0 radical (unpaired) electrons. The first-order chi connectivity index (χ1) is 10.1. The molecule has 1 aromatic rings. The van der Waals surface area contributed by atoms with Crippen molar-refractivity contribution in [3.05, 3.63) is 17.7 Å². The van der Waals surface area contributed by atoms with Gasteiger partial charge in [-0.2, -0.15) is 0 Å². The average molecular weight is 296 g/mol. The van der Waals surface area contributed by atoms with Crippen LogP contribution >= 0.6 is 0 Å². The minimum atomic E-state index is -0.431. The van der Waals surface area contributed by atoms with E-state index >= 15 is 0 Å². The Morgan fingerprint density at radius 2 is 1.52 bits per heavy atom. The van der Waals surface area contributed by atoms with Crippen molar-refractivity contribution in [2.24, 2.45) is 0 Å². The Kier molecular flexibility index (Phi) is 6.32. The highest BCUT2D eigenvalue weighted by molar-refractivity contribution is 5.99. The van der Waals surface area contributed by atoms with Gasteiger partial charge in [-0.3, -0.25) is 9.59 Å². The molecule has 2 amide bonds. The number of nitrogens with one attached hydrogen (secondary N) is 2. The normalized spacial score (nSPS) is 9.71. The largest absolute Gasteiger partial charge is 0.496 e. The number of hydrogen-bond donors (Lipinski definition) is 2. The molecule has 116 valence electrons. The van der Waals surface area contributed by atoms with Crippen LogP contribution in [-0.2, 0) is 4.79 Å². The number of likely N-dealkylation sites (N-methyl/N-ethyl adjacent to an activating group) is 1. The number of rotatable bonds is 7.